The molecule has 0 unspecified atom stereocenters. The van der Waals surface area contributed by atoms with Crippen molar-refractivity contribution >= 4 is 5.69 Å². The van der Waals surface area contributed by atoms with Crippen LogP contribution in [-0.2, 0) is 6.42 Å². The first-order valence-electron chi connectivity index (χ1n) is 9.86. The van der Waals surface area contributed by atoms with E-state index in [0.29, 0.717) is 6.04 Å². The van der Waals surface area contributed by atoms with Crippen molar-refractivity contribution in [3.05, 3.63) is 59.2 Å². The molecule has 1 saturated heterocycles. The molecule has 3 nitrogen and oxygen atoms in total. The zero-order valence-corrected chi connectivity index (χ0v) is 16.7. The van der Waals surface area contributed by atoms with E-state index in [2.05, 4.69) is 68.1 Å². The molecule has 2 aromatic rings. The topological polar surface area (TPSA) is 16.9 Å². The van der Waals surface area contributed by atoms with Crippen LogP contribution < -0.4 is 14.5 Å². The number of piperazine rings is 1. The second kappa shape index (κ2) is 8.59. The number of rotatable bonds is 6. The third-order valence-electron chi connectivity index (χ3n) is 5.83. The lowest BCUT2D eigenvalue weighted by Gasteiger charge is -2.37. The molecule has 0 saturated carbocycles. The van der Waals surface area contributed by atoms with Crippen LogP contribution in [0.5, 0.6) is 5.75 Å². The third kappa shape index (κ3) is 4.59. The molecule has 0 aliphatic carbocycles. The van der Waals surface area contributed by atoms with Crippen LogP contribution in [0.15, 0.2) is 42.5 Å². The summed E-state index contributed by atoms with van der Waals surface area (Å²) in [5, 5.41) is 0. The quantitative estimate of drug-likeness (QED) is 0.860. The Balaban J connectivity index is 1.50. The van der Waals surface area contributed by atoms with Crippen LogP contribution in [0.25, 0.3) is 0 Å². The maximum absolute atomic E-state index is 5.24. The van der Waals surface area contributed by atoms with Gasteiger partial charge in [-0.05, 0) is 62.1 Å². The molecule has 0 radical (unpaired) electrons. The van der Waals surface area contributed by atoms with Crippen molar-refractivity contribution in [1.29, 1.82) is 0 Å². The maximum Gasteiger partial charge on any atom is 0.118 e. The smallest absolute Gasteiger partial charge is 0.118 e. The summed E-state index contributed by atoms with van der Waals surface area (Å²) in [5.74, 6) is 0.940. The standard InChI is InChI=1S/C23H32N2O/c1-18-5-6-19(2)23(17-18)25-15-13-24(14-16-25)20(3)7-8-21-9-11-22(26-4)12-10-21/h5-6,9-12,17,20H,7-8,13-16H2,1-4H3/p+1/t20-/m0/s1. The van der Waals surface area contributed by atoms with E-state index in [-0.39, 0.29) is 0 Å². The first-order chi connectivity index (χ1) is 12.6. The molecule has 1 N–H and O–H groups in total. The van der Waals surface area contributed by atoms with Crippen molar-refractivity contribution < 1.29 is 9.64 Å². The highest BCUT2D eigenvalue weighted by Gasteiger charge is 2.25. The molecule has 1 aliphatic heterocycles. The zero-order valence-electron chi connectivity index (χ0n) is 16.7. The summed E-state index contributed by atoms with van der Waals surface area (Å²) in [7, 11) is 1.72. The molecular formula is C23H33N2O+. The third-order valence-corrected chi connectivity index (χ3v) is 5.83. The highest BCUT2D eigenvalue weighted by molar-refractivity contribution is 5.55. The summed E-state index contributed by atoms with van der Waals surface area (Å²) in [5.41, 5.74) is 5.58. The lowest BCUT2D eigenvalue weighted by molar-refractivity contribution is -0.924. The average molecular weight is 354 g/mol. The minimum Gasteiger partial charge on any atom is -0.497 e. The van der Waals surface area contributed by atoms with Crippen molar-refractivity contribution in [3.8, 4) is 5.75 Å². The van der Waals surface area contributed by atoms with E-state index in [1.807, 2.05) is 0 Å². The van der Waals surface area contributed by atoms with Gasteiger partial charge in [0, 0.05) is 12.1 Å². The fraction of sp³-hybridized carbons (Fsp3) is 0.478. The van der Waals surface area contributed by atoms with Gasteiger partial charge in [0.25, 0.3) is 0 Å². The second-order valence-corrected chi connectivity index (χ2v) is 7.72. The average Bonchev–Trinajstić information content (AvgIpc) is 2.68. The normalized spacial score (nSPS) is 16.5. The predicted octanol–water partition coefficient (Wildman–Crippen LogP) is 3.04. The first kappa shape index (κ1) is 18.8. The van der Waals surface area contributed by atoms with Gasteiger partial charge in [-0.1, -0.05) is 24.3 Å². The summed E-state index contributed by atoms with van der Waals surface area (Å²) in [6.45, 7) is 11.6. The number of benzene rings is 2. The number of hydrogen-bond donors (Lipinski definition) is 1. The van der Waals surface area contributed by atoms with Crippen LogP contribution in [-0.4, -0.2) is 39.3 Å². The fourth-order valence-electron chi connectivity index (χ4n) is 3.97. The van der Waals surface area contributed by atoms with E-state index in [9.17, 15) is 0 Å². The fourth-order valence-corrected chi connectivity index (χ4v) is 3.97. The summed E-state index contributed by atoms with van der Waals surface area (Å²) in [6.07, 6.45) is 2.39. The Morgan fingerprint density at radius 1 is 1.04 bits per heavy atom. The van der Waals surface area contributed by atoms with Crippen molar-refractivity contribution in [3.63, 3.8) is 0 Å². The SMILES string of the molecule is COc1ccc(CC[C@H](C)[NH+]2CCN(c3cc(C)ccc3C)CC2)cc1. The van der Waals surface area contributed by atoms with Gasteiger partial charge in [0.1, 0.15) is 5.75 Å². The molecule has 2 aromatic carbocycles. The molecule has 1 atom stereocenters. The molecule has 140 valence electrons. The van der Waals surface area contributed by atoms with E-state index >= 15 is 0 Å². The minimum absolute atomic E-state index is 0.706. The largest absolute Gasteiger partial charge is 0.497 e. The Morgan fingerprint density at radius 2 is 1.73 bits per heavy atom. The number of methoxy groups -OCH3 is 1. The highest BCUT2D eigenvalue weighted by Crippen LogP contribution is 2.21. The highest BCUT2D eigenvalue weighted by atomic mass is 16.5. The van der Waals surface area contributed by atoms with E-state index in [4.69, 9.17) is 4.74 Å². The molecule has 0 amide bonds. The molecule has 1 fully saturated rings. The predicted molar refractivity (Wildman–Crippen MR) is 110 cm³/mol. The van der Waals surface area contributed by atoms with E-state index < -0.39 is 0 Å². The lowest BCUT2D eigenvalue weighted by atomic mass is 10.0. The molecule has 1 heterocycles. The number of anilines is 1. The monoisotopic (exact) mass is 353 g/mol. The van der Waals surface area contributed by atoms with Crippen LogP contribution in [0, 0.1) is 13.8 Å². The Kier molecular flexibility index (Phi) is 6.20. The van der Waals surface area contributed by atoms with Crippen molar-refractivity contribution in [2.75, 3.05) is 38.2 Å². The van der Waals surface area contributed by atoms with Gasteiger partial charge >= 0.3 is 0 Å². The van der Waals surface area contributed by atoms with Gasteiger partial charge in [0.15, 0.2) is 0 Å². The molecule has 26 heavy (non-hydrogen) atoms. The molecular weight excluding hydrogens is 320 g/mol. The van der Waals surface area contributed by atoms with Gasteiger partial charge in [-0.3, -0.25) is 0 Å². The Morgan fingerprint density at radius 3 is 2.38 bits per heavy atom. The number of nitrogens with one attached hydrogen (secondary N) is 1. The summed E-state index contributed by atoms with van der Waals surface area (Å²) < 4.78 is 5.24. The Bertz CT molecular complexity index is 703. The van der Waals surface area contributed by atoms with Gasteiger partial charge in [-0.2, -0.15) is 0 Å². The second-order valence-electron chi connectivity index (χ2n) is 7.72. The van der Waals surface area contributed by atoms with Crippen LogP contribution in [0.4, 0.5) is 5.69 Å². The van der Waals surface area contributed by atoms with E-state index in [1.165, 1.54) is 41.9 Å². The van der Waals surface area contributed by atoms with E-state index in [1.54, 1.807) is 12.0 Å². The number of hydrogen-bond acceptors (Lipinski definition) is 2. The molecule has 0 bridgehead atoms. The lowest BCUT2D eigenvalue weighted by Crippen LogP contribution is -3.18. The molecule has 3 heteroatoms. The summed E-state index contributed by atoms with van der Waals surface area (Å²) in [4.78, 5) is 4.32. The van der Waals surface area contributed by atoms with Crippen LogP contribution in [0.3, 0.4) is 0 Å². The molecule has 1 aliphatic rings. The summed E-state index contributed by atoms with van der Waals surface area (Å²) >= 11 is 0. The van der Waals surface area contributed by atoms with E-state index in [0.717, 1.165) is 25.3 Å². The van der Waals surface area contributed by atoms with Gasteiger partial charge in [-0.15, -0.1) is 0 Å². The summed E-state index contributed by atoms with van der Waals surface area (Å²) in [6, 6.07) is 16.0. The van der Waals surface area contributed by atoms with Crippen LogP contribution in [0.1, 0.15) is 30.0 Å². The van der Waals surface area contributed by atoms with Crippen molar-refractivity contribution in [2.45, 2.75) is 39.7 Å². The Labute approximate surface area is 158 Å². The Hall–Kier alpha value is -2.00. The molecule has 0 spiro atoms. The van der Waals surface area contributed by atoms with Crippen LogP contribution in [0.2, 0.25) is 0 Å². The van der Waals surface area contributed by atoms with Gasteiger partial charge in [0.2, 0.25) is 0 Å². The van der Waals surface area contributed by atoms with Crippen molar-refractivity contribution in [1.82, 2.24) is 0 Å². The van der Waals surface area contributed by atoms with Crippen molar-refractivity contribution in [2.24, 2.45) is 0 Å². The number of quaternary nitrogens is 1. The maximum atomic E-state index is 5.24. The van der Waals surface area contributed by atoms with Crippen LogP contribution >= 0.6 is 0 Å². The molecule has 3 rings (SSSR count). The molecule has 0 aromatic heterocycles. The number of aryl methyl sites for hydroxylation is 3. The first-order valence-corrected chi connectivity index (χ1v) is 9.86. The van der Waals surface area contributed by atoms with Gasteiger partial charge in [0.05, 0.1) is 39.3 Å². The number of ether oxygens (including phenoxy) is 1. The minimum atomic E-state index is 0.706. The zero-order chi connectivity index (χ0) is 18.5. The number of nitrogens with zero attached hydrogens (tertiary/aromatic N) is 1. The van der Waals surface area contributed by atoms with Gasteiger partial charge in [-0.25, -0.2) is 0 Å². The van der Waals surface area contributed by atoms with Gasteiger partial charge < -0.3 is 14.5 Å².